The van der Waals surface area contributed by atoms with E-state index in [-0.39, 0.29) is 36.5 Å². The average molecular weight is 748 g/mol. The number of amides is 4. The second-order valence-corrected chi connectivity index (χ2v) is 15.7. The number of hydrogen-bond acceptors (Lipinski definition) is 8. The third kappa shape index (κ3) is 13.6. The molecule has 296 valence electrons. The number of carbonyl (C=O) groups excluding carboxylic acids is 5. The molecule has 2 saturated heterocycles. The first kappa shape index (κ1) is 42.6. The van der Waals surface area contributed by atoms with Gasteiger partial charge >= 0.3 is 0 Å². The van der Waals surface area contributed by atoms with Gasteiger partial charge in [-0.1, -0.05) is 89.2 Å². The van der Waals surface area contributed by atoms with Crippen LogP contribution in [0.4, 0.5) is 0 Å². The van der Waals surface area contributed by atoms with Crippen molar-refractivity contribution >= 4 is 29.4 Å². The zero-order chi connectivity index (χ0) is 39.3. The van der Waals surface area contributed by atoms with Crippen molar-refractivity contribution in [1.29, 1.82) is 0 Å². The van der Waals surface area contributed by atoms with Gasteiger partial charge in [-0.2, -0.15) is 0 Å². The quantitative estimate of drug-likeness (QED) is 0.142. The maximum absolute atomic E-state index is 14.2. The van der Waals surface area contributed by atoms with Crippen molar-refractivity contribution in [2.75, 3.05) is 39.5 Å². The summed E-state index contributed by atoms with van der Waals surface area (Å²) in [6.07, 6.45) is 2.57. The molecule has 12 heteroatoms. The first-order valence-corrected chi connectivity index (χ1v) is 19.6. The number of benzene rings is 2. The Morgan fingerprint density at radius 1 is 0.722 bits per heavy atom. The van der Waals surface area contributed by atoms with Gasteiger partial charge in [0.05, 0.1) is 32.4 Å². The van der Waals surface area contributed by atoms with E-state index in [2.05, 4.69) is 21.3 Å². The predicted octanol–water partition coefficient (Wildman–Crippen LogP) is 3.15. The number of epoxide rings is 1. The molecule has 2 aliphatic heterocycles. The molecule has 5 atom stereocenters. The number of aryl methyl sites for hydroxylation is 2. The number of nitrogens with zero attached hydrogens (tertiary/aromatic N) is 1. The number of rotatable bonds is 21. The van der Waals surface area contributed by atoms with Gasteiger partial charge in [0.2, 0.25) is 23.6 Å². The van der Waals surface area contributed by atoms with Gasteiger partial charge in [-0.05, 0) is 67.6 Å². The highest BCUT2D eigenvalue weighted by Crippen LogP contribution is 2.29. The largest absolute Gasteiger partial charge is 0.379 e. The van der Waals surface area contributed by atoms with Crippen molar-refractivity contribution in [3.05, 3.63) is 71.3 Å². The summed E-state index contributed by atoms with van der Waals surface area (Å²) in [6, 6.07) is 13.9. The van der Waals surface area contributed by atoms with Gasteiger partial charge in [-0.3, -0.25) is 28.9 Å². The minimum Gasteiger partial charge on any atom is -0.379 e. The Balaban J connectivity index is 1.54. The second kappa shape index (κ2) is 20.5. The second-order valence-electron chi connectivity index (χ2n) is 15.7. The Labute approximate surface area is 320 Å². The molecule has 4 amide bonds. The van der Waals surface area contributed by atoms with Crippen molar-refractivity contribution in [2.45, 2.75) is 110 Å². The summed E-state index contributed by atoms with van der Waals surface area (Å²) in [5, 5.41) is 11.7. The van der Waals surface area contributed by atoms with Crippen LogP contribution in [0.1, 0.15) is 77.5 Å². The van der Waals surface area contributed by atoms with Gasteiger partial charge in [-0.15, -0.1) is 0 Å². The standard InChI is InChI=1S/C42H61N5O7/c1-7-30-14-11-15-32(24-30)25-36(41(52)44-34(22-28(2)3)38(49)42(6)27-54-42)46-40(51)35(23-29(4)5)45-39(50)33(17-16-31-12-9-8-10-13-31)43-37(48)26-47-18-20-53-21-19-47/h8-15,24,28-29,33-36H,7,16-23,25-27H2,1-6H3,(H,43,48)(H,44,52)(H,45,50)(H,46,51)/t33-,34-,35-,36-,42+/m0/s1. The molecule has 0 bridgehead atoms. The molecule has 0 spiro atoms. The van der Waals surface area contributed by atoms with Gasteiger partial charge in [0.25, 0.3) is 0 Å². The van der Waals surface area contributed by atoms with E-state index in [1.807, 2.05) is 94.1 Å². The van der Waals surface area contributed by atoms with Crippen molar-refractivity contribution in [3.63, 3.8) is 0 Å². The van der Waals surface area contributed by atoms with E-state index in [4.69, 9.17) is 9.47 Å². The van der Waals surface area contributed by atoms with Crippen LogP contribution in [-0.4, -0.2) is 104 Å². The molecule has 2 fully saturated rings. The van der Waals surface area contributed by atoms with Crippen LogP contribution in [0.2, 0.25) is 0 Å². The highest BCUT2D eigenvalue weighted by molar-refractivity contribution is 5.98. The van der Waals surface area contributed by atoms with Gasteiger partial charge in [-0.25, -0.2) is 0 Å². The van der Waals surface area contributed by atoms with Crippen LogP contribution in [0.3, 0.4) is 0 Å². The SMILES string of the molecule is CCc1cccc(C[C@H](NC(=O)[C@H](CC(C)C)NC(=O)[C@H](CCc2ccccc2)NC(=O)CN2CCOCC2)C(=O)N[C@@H](CC(C)C)C(=O)[C@@]2(C)CO2)c1. The minimum atomic E-state index is -1.03. The number of ether oxygens (including phenoxy) is 2. The lowest BCUT2D eigenvalue weighted by molar-refractivity contribution is -0.135. The number of hydrogen-bond donors (Lipinski definition) is 4. The summed E-state index contributed by atoms with van der Waals surface area (Å²) in [4.78, 5) is 70.9. The van der Waals surface area contributed by atoms with Gasteiger partial charge in [0.15, 0.2) is 5.78 Å². The molecule has 0 aliphatic carbocycles. The van der Waals surface area contributed by atoms with Gasteiger partial charge < -0.3 is 30.7 Å². The Morgan fingerprint density at radius 2 is 1.28 bits per heavy atom. The smallest absolute Gasteiger partial charge is 0.243 e. The fraction of sp³-hybridized carbons (Fsp3) is 0.595. The monoisotopic (exact) mass is 747 g/mol. The third-order valence-corrected chi connectivity index (χ3v) is 9.94. The van der Waals surface area contributed by atoms with E-state index in [9.17, 15) is 24.0 Å². The van der Waals surface area contributed by atoms with Crippen LogP contribution >= 0.6 is 0 Å². The van der Waals surface area contributed by atoms with Crippen molar-refractivity contribution in [1.82, 2.24) is 26.2 Å². The third-order valence-electron chi connectivity index (χ3n) is 9.94. The molecular weight excluding hydrogens is 686 g/mol. The van der Waals surface area contributed by atoms with Crippen LogP contribution in [0.25, 0.3) is 0 Å². The lowest BCUT2D eigenvalue weighted by atomic mass is 9.92. The Morgan fingerprint density at radius 3 is 1.91 bits per heavy atom. The molecule has 2 aromatic rings. The number of ketones is 1. The molecule has 0 aromatic heterocycles. The molecule has 0 saturated carbocycles. The van der Waals surface area contributed by atoms with Gasteiger partial charge in [0, 0.05) is 19.5 Å². The molecular formula is C42H61N5O7. The summed E-state index contributed by atoms with van der Waals surface area (Å²) < 4.78 is 10.8. The van der Waals surface area contributed by atoms with E-state index in [0.717, 1.165) is 23.1 Å². The summed E-state index contributed by atoms with van der Waals surface area (Å²) >= 11 is 0. The molecule has 4 N–H and O–H groups in total. The molecule has 0 unspecified atom stereocenters. The van der Waals surface area contributed by atoms with Gasteiger partial charge in [0.1, 0.15) is 23.7 Å². The lowest BCUT2D eigenvalue weighted by Gasteiger charge is -2.29. The maximum Gasteiger partial charge on any atom is 0.243 e. The van der Waals surface area contributed by atoms with Crippen LogP contribution in [0, 0.1) is 11.8 Å². The molecule has 2 aromatic carbocycles. The zero-order valence-electron chi connectivity index (χ0n) is 33.0. The number of carbonyl (C=O) groups is 5. The predicted molar refractivity (Wildman–Crippen MR) is 208 cm³/mol. The summed E-state index contributed by atoms with van der Waals surface area (Å²) in [6.45, 7) is 14.4. The summed E-state index contributed by atoms with van der Waals surface area (Å²) in [5.41, 5.74) is 2.04. The Bertz CT molecular complexity index is 1560. The molecule has 54 heavy (non-hydrogen) atoms. The lowest BCUT2D eigenvalue weighted by Crippen LogP contribution is -2.59. The van der Waals surface area contributed by atoms with E-state index in [0.29, 0.717) is 58.6 Å². The first-order valence-electron chi connectivity index (χ1n) is 19.6. The molecule has 0 radical (unpaired) electrons. The van der Waals surface area contributed by atoms with Crippen molar-refractivity contribution < 1.29 is 33.4 Å². The maximum atomic E-state index is 14.2. The van der Waals surface area contributed by atoms with Crippen LogP contribution in [0.15, 0.2) is 54.6 Å². The van der Waals surface area contributed by atoms with E-state index >= 15 is 0 Å². The highest BCUT2D eigenvalue weighted by Gasteiger charge is 2.50. The van der Waals surface area contributed by atoms with Crippen molar-refractivity contribution in [3.8, 4) is 0 Å². The molecule has 2 heterocycles. The Kier molecular flexibility index (Phi) is 16.2. The zero-order valence-corrected chi connectivity index (χ0v) is 33.0. The number of nitrogens with one attached hydrogen (secondary N) is 4. The fourth-order valence-corrected chi connectivity index (χ4v) is 6.69. The number of morpholine rings is 1. The minimum absolute atomic E-state index is 0.0144. The van der Waals surface area contributed by atoms with E-state index < -0.39 is 47.5 Å². The van der Waals surface area contributed by atoms with Crippen LogP contribution in [0.5, 0.6) is 0 Å². The van der Waals surface area contributed by atoms with E-state index in [1.54, 1.807) is 6.92 Å². The average Bonchev–Trinajstić information content (AvgIpc) is 3.90. The van der Waals surface area contributed by atoms with Crippen LogP contribution in [-0.2, 0) is 52.7 Å². The molecule has 4 rings (SSSR count). The fourth-order valence-electron chi connectivity index (χ4n) is 6.69. The van der Waals surface area contributed by atoms with Crippen molar-refractivity contribution in [2.24, 2.45) is 11.8 Å². The molecule has 12 nitrogen and oxygen atoms in total. The van der Waals surface area contributed by atoms with E-state index in [1.165, 1.54) is 0 Å². The summed E-state index contributed by atoms with van der Waals surface area (Å²) in [7, 11) is 0. The summed E-state index contributed by atoms with van der Waals surface area (Å²) in [5.74, 6) is -1.82. The first-order chi connectivity index (χ1) is 25.8. The Hall–Kier alpha value is -4.13. The topological polar surface area (TPSA) is 158 Å². The normalized spacial score (nSPS) is 19.3. The number of Topliss-reactive ketones (excluding diaryl/α,β-unsaturated/α-hetero) is 1. The molecule has 2 aliphatic rings. The highest BCUT2D eigenvalue weighted by atomic mass is 16.6. The van der Waals surface area contributed by atoms with Crippen LogP contribution < -0.4 is 21.3 Å².